The number of aliphatic hydroxyl groups excluding tert-OH is 1. The molecule has 14 heavy (non-hydrogen) atoms. The van der Waals surface area contributed by atoms with Crippen LogP contribution in [0, 0.1) is 5.92 Å². The van der Waals surface area contributed by atoms with Gasteiger partial charge in [-0.3, -0.25) is 0 Å². The molecular formula is C12H17NO. The summed E-state index contributed by atoms with van der Waals surface area (Å²) in [5.74, 6) is 0.835. The van der Waals surface area contributed by atoms with Crippen LogP contribution in [0.5, 0.6) is 0 Å². The fraction of sp³-hybridized carbons (Fsp3) is 0.500. The molecule has 1 aromatic rings. The maximum absolute atomic E-state index is 9.15. The third-order valence-electron chi connectivity index (χ3n) is 2.90. The summed E-state index contributed by atoms with van der Waals surface area (Å²) in [6, 6.07) is 8.48. The minimum atomic E-state index is 0.112. The van der Waals surface area contributed by atoms with Gasteiger partial charge in [-0.05, 0) is 31.7 Å². The van der Waals surface area contributed by atoms with Crippen LogP contribution in [0.15, 0.2) is 24.3 Å². The molecule has 2 rings (SSSR count). The van der Waals surface area contributed by atoms with Crippen molar-refractivity contribution in [2.45, 2.75) is 32.4 Å². The molecule has 0 radical (unpaired) electrons. The Labute approximate surface area is 85.0 Å². The maximum atomic E-state index is 9.15. The van der Waals surface area contributed by atoms with Gasteiger partial charge >= 0.3 is 0 Å². The van der Waals surface area contributed by atoms with Crippen LogP contribution in [-0.2, 0) is 6.61 Å². The zero-order valence-electron chi connectivity index (χ0n) is 8.53. The first-order valence-electron chi connectivity index (χ1n) is 5.26. The quantitative estimate of drug-likeness (QED) is 0.766. The molecule has 1 aliphatic carbocycles. The SMILES string of the molecule is C[C@H](Nc1ccccc1CO)C1CC1. The van der Waals surface area contributed by atoms with E-state index in [1.807, 2.05) is 24.3 Å². The highest BCUT2D eigenvalue weighted by molar-refractivity contribution is 5.51. The summed E-state index contributed by atoms with van der Waals surface area (Å²) in [7, 11) is 0. The normalized spacial score (nSPS) is 17.9. The molecular weight excluding hydrogens is 174 g/mol. The second kappa shape index (κ2) is 4.01. The Morgan fingerprint density at radius 3 is 2.79 bits per heavy atom. The molecule has 0 saturated heterocycles. The van der Waals surface area contributed by atoms with Crippen LogP contribution in [0.1, 0.15) is 25.3 Å². The van der Waals surface area contributed by atoms with E-state index in [0.29, 0.717) is 6.04 Å². The van der Waals surface area contributed by atoms with E-state index in [2.05, 4.69) is 12.2 Å². The lowest BCUT2D eigenvalue weighted by Crippen LogP contribution is -2.18. The molecule has 76 valence electrons. The minimum Gasteiger partial charge on any atom is -0.392 e. The minimum absolute atomic E-state index is 0.112. The Morgan fingerprint density at radius 2 is 2.14 bits per heavy atom. The van der Waals surface area contributed by atoms with E-state index in [-0.39, 0.29) is 6.61 Å². The Hall–Kier alpha value is -1.02. The third kappa shape index (κ3) is 2.07. The van der Waals surface area contributed by atoms with E-state index >= 15 is 0 Å². The molecule has 2 N–H and O–H groups in total. The van der Waals surface area contributed by atoms with Gasteiger partial charge < -0.3 is 10.4 Å². The summed E-state index contributed by atoms with van der Waals surface area (Å²) in [6.07, 6.45) is 2.69. The predicted octanol–water partition coefficient (Wildman–Crippen LogP) is 2.39. The van der Waals surface area contributed by atoms with Crippen LogP contribution in [-0.4, -0.2) is 11.1 Å². The van der Waals surface area contributed by atoms with Gasteiger partial charge in [0.2, 0.25) is 0 Å². The van der Waals surface area contributed by atoms with Crippen molar-refractivity contribution < 1.29 is 5.11 Å². The second-order valence-corrected chi connectivity index (χ2v) is 4.09. The van der Waals surface area contributed by atoms with Crippen LogP contribution >= 0.6 is 0 Å². The average molecular weight is 191 g/mol. The zero-order valence-corrected chi connectivity index (χ0v) is 8.53. The van der Waals surface area contributed by atoms with E-state index in [1.54, 1.807) is 0 Å². The van der Waals surface area contributed by atoms with Gasteiger partial charge in [-0.1, -0.05) is 18.2 Å². The molecule has 1 fully saturated rings. The predicted molar refractivity (Wildman–Crippen MR) is 58.2 cm³/mol. The van der Waals surface area contributed by atoms with Gasteiger partial charge in [-0.2, -0.15) is 0 Å². The molecule has 0 amide bonds. The highest BCUT2D eigenvalue weighted by atomic mass is 16.3. The highest BCUT2D eigenvalue weighted by Crippen LogP contribution is 2.34. The van der Waals surface area contributed by atoms with Crippen molar-refractivity contribution >= 4 is 5.69 Å². The van der Waals surface area contributed by atoms with Gasteiger partial charge in [0.05, 0.1) is 6.61 Å². The van der Waals surface area contributed by atoms with Crippen molar-refractivity contribution in [1.82, 2.24) is 0 Å². The number of aliphatic hydroxyl groups is 1. The fourth-order valence-electron chi connectivity index (χ4n) is 1.76. The van der Waals surface area contributed by atoms with Crippen molar-refractivity contribution in [2.24, 2.45) is 5.92 Å². The first kappa shape index (κ1) is 9.53. The lowest BCUT2D eigenvalue weighted by molar-refractivity contribution is 0.282. The summed E-state index contributed by atoms with van der Waals surface area (Å²) >= 11 is 0. The maximum Gasteiger partial charge on any atom is 0.0701 e. The van der Waals surface area contributed by atoms with Crippen LogP contribution in [0.2, 0.25) is 0 Å². The molecule has 2 nitrogen and oxygen atoms in total. The van der Waals surface area contributed by atoms with Crippen molar-refractivity contribution in [2.75, 3.05) is 5.32 Å². The first-order chi connectivity index (χ1) is 6.81. The molecule has 0 aromatic heterocycles. The monoisotopic (exact) mass is 191 g/mol. The van der Waals surface area contributed by atoms with Gasteiger partial charge in [0.15, 0.2) is 0 Å². The Kier molecular flexibility index (Phi) is 2.73. The topological polar surface area (TPSA) is 32.3 Å². The number of anilines is 1. The summed E-state index contributed by atoms with van der Waals surface area (Å²) in [5.41, 5.74) is 2.06. The molecule has 1 atom stereocenters. The Bertz CT molecular complexity index is 307. The number of nitrogens with one attached hydrogen (secondary N) is 1. The van der Waals surface area contributed by atoms with Gasteiger partial charge in [0.1, 0.15) is 0 Å². The Balaban J connectivity index is 2.06. The molecule has 1 saturated carbocycles. The standard InChI is InChI=1S/C12H17NO/c1-9(10-6-7-10)13-12-5-3-2-4-11(12)8-14/h2-5,9-10,13-14H,6-8H2,1H3/t9-/m0/s1. The van der Waals surface area contributed by atoms with E-state index in [4.69, 9.17) is 5.11 Å². The van der Waals surface area contributed by atoms with E-state index < -0.39 is 0 Å². The van der Waals surface area contributed by atoms with Crippen LogP contribution < -0.4 is 5.32 Å². The summed E-state index contributed by atoms with van der Waals surface area (Å²) in [4.78, 5) is 0. The van der Waals surface area contributed by atoms with Gasteiger partial charge in [0, 0.05) is 17.3 Å². The molecule has 1 aliphatic rings. The largest absolute Gasteiger partial charge is 0.392 e. The van der Waals surface area contributed by atoms with Crippen molar-refractivity contribution in [3.8, 4) is 0 Å². The zero-order chi connectivity index (χ0) is 9.97. The summed E-state index contributed by atoms with van der Waals surface area (Å²) in [6.45, 7) is 2.33. The van der Waals surface area contributed by atoms with E-state index in [9.17, 15) is 0 Å². The van der Waals surface area contributed by atoms with Gasteiger partial charge in [-0.15, -0.1) is 0 Å². The van der Waals surface area contributed by atoms with Crippen LogP contribution in [0.25, 0.3) is 0 Å². The molecule has 0 spiro atoms. The molecule has 1 aromatic carbocycles. The summed E-state index contributed by atoms with van der Waals surface area (Å²) in [5, 5.41) is 12.6. The molecule has 0 unspecified atom stereocenters. The summed E-state index contributed by atoms with van der Waals surface area (Å²) < 4.78 is 0. The van der Waals surface area contributed by atoms with Crippen molar-refractivity contribution in [3.63, 3.8) is 0 Å². The third-order valence-corrected chi connectivity index (χ3v) is 2.90. The van der Waals surface area contributed by atoms with Crippen LogP contribution in [0.4, 0.5) is 5.69 Å². The molecule has 0 aliphatic heterocycles. The number of rotatable bonds is 4. The molecule has 0 bridgehead atoms. The lowest BCUT2D eigenvalue weighted by Gasteiger charge is -2.16. The molecule has 0 heterocycles. The smallest absolute Gasteiger partial charge is 0.0701 e. The second-order valence-electron chi connectivity index (χ2n) is 4.09. The molecule has 2 heteroatoms. The van der Waals surface area contributed by atoms with Crippen molar-refractivity contribution in [1.29, 1.82) is 0 Å². The van der Waals surface area contributed by atoms with Gasteiger partial charge in [-0.25, -0.2) is 0 Å². The van der Waals surface area contributed by atoms with Crippen LogP contribution in [0.3, 0.4) is 0 Å². The highest BCUT2D eigenvalue weighted by Gasteiger charge is 2.27. The van der Waals surface area contributed by atoms with E-state index in [1.165, 1.54) is 12.8 Å². The lowest BCUT2D eigenvalue weighted by atomic mass is 10.1. The first-order valence-corrected chi connectivity index (χ1v) is 5.26. The number of para-hydroxylation sites is 1. The van der Waals surface area contributed by atoms with Crippen molar-refractivity contribution in [3.05, 3.63) is 29.8 Å². The number of benzene rings is 1. The number of hydrogen-bond donors (Lipinski definition) is 2. The van der Waals surface area contributed by atoms with E-state index in [0.717, 1.165) is 17.2 Å². The number of hydrogen-bond acceptors (Lipinski definition) is 2. The Morgan fingerprint density at radius 1 is 1.43 bits per heavy atom. The van der Waals surface area contributed by atoms with Gasteiger partial charge in [0.25, 0.3) is 0 Å². The fourth-order valence-corrected chi connectivity index (χ4v) is 1.76. The average Bonchev–Trinajstić information content (AvgIpc) is 3.02.